The second-order valence-electron chi connectivity index (χ2n) is 3.62. The molecule has 0 unspecified atom stereocenters. The Morgan fingerprint density at radius 3 is 2.78 bits per heavy atom. The number of hydrogen-bond donors (Lipinski definition) is 1. The number of hydrogen-bond acceptors (Lipinski definition) is 6. The Bertz CT molecular complexity index is 735. The molecule has 0 radical (unpaired) electrons. The largest absolute Gasteiger partial charge is 0.292 e. The van der Waals surface area contributed by atoms with Crippen LogP contribution in [0.25, 0.3) is 11.0 Å². The van der Waals surface area contributed by atoms with Crippen molar-refractivity contribution in [3.05, 3.63) is 28.1 Å². The van der Waals surface area contributed by atoms with Gasteiger partial charge in [-0.05, 0) is 0 Å². The van der Waals surface area contributed by atoms with Crippen LogP contribution in [0.2, 0.25) is 0 Å². The minimum atomic E-state index is -4.39. The maximum Gasteiger partial charge on any atom is 0.292 e. The van der Waals surface area contributed by atoms with Crippen molar-refractivity contribution in [2.24, 2.45) is 7.05 Å². The average molecular weight is 272 g/mol. The van der Waals surface area contributed by atoms with Crippen molar-refractivity contribution in [2.75, 3.05) is 0 Å². The number of nitro groups is 1. The van der Waals surface area contributed by atoms with Crippen molar-refractivity contribution >= 4 is 26.8 Å². The monoisotopic (exact) mass is 272 g/mol. The molecule has 2 rings (SSSR count). The molecule has 0 amide bonds. The minimum Gasteiger partial charge on any atom is -0.285 e. The first-order valence-corrected chi connectivity index (χ1v) is 6.30. The molecule has 0 aliphatic rings. The molecule has 1 N–H and O–H groups in total. The Hall–Kier alpha value is -2.07. The molecule has 0 fully saturated rings. The van der Waals surface area contributed by atoms with E-state index >= 15 is 0 Å². The smallest absolute Gasteiger partial charge is 0.285 e. The van der Waals surface area contributed by atoms with Gasteiger partial charge in [-0.1, -0.05) is 0 Å². The van der Waals surface area contributed by atoms with Gasteiger partial charge in [-0.3, -0.25) is 19.3 Å². The quantitative estimate of drug-likeness (QED) is 0.482. The summed E-state index contributed by atoms with van der Waals surface area (Å²) in [4.78, 5) is 13.9. The zero-order valence-electron chi connectivity index (χ0n) is 9.14. The second-order valence-corrected chi connectivity index (χ2v) is 5.07. The van der Waals surface area contributed by atoms with Crippen molar-refractivity contribution in [1.29, 1.82) is 0 Å². The first kappa shape index (κ1) is 12.4. The lowest BCUT2D eigenvalue weighted by atomic mass is 10.2. The molecule has 96 valence electrons. The number of aromatic nitrogens is 3. The van der Waals surface area contributed by atoms with Crippen LogP contribution in [-0.4, -0.2) is 32.7 Å². The molecule has 2 aromatic rings. The highest BCUT2D eigenvalue weighted by Crippen LogP contribution is 2.23. The van der Waals surface area contributed by atoms with Crippen LogP contribution < -0.4 is 0 Å². The summed E-state index contributed by atoms with van der Waals surface area (Å²) in [6.45, 7) is 0. The lowest BCUT2D eigenvalue weighted by Crippen LogP contribution is -2.07. The van der Waals surface area contributed by atoms with Crippen molar-refractivity contribution in [1.82, 2.24) is 14.8 Å². The van der Waals surface area contributed by atoms with Gasteiger partial charge in [0.1, 0.15) is 11.4 Å². The molecule has 0 saturated heterocycles. The third-order valence-corrected chi connectivity index (χ3v) is 2.92. The molecule has 0 saturated carbocycles. The predicted octanol–water partition coefficient (Wildman–Crippen LogP) is 0.264. The van der Waals surface area contributed by atoms with E-state index in [1.807, 2.05) is 0 Å². The van der Waals surface area contributed by atoms with E-state index in [1.54, 1.807) is 7.05 Å². The fourth-order valence-electron chi connectivity index (χ4n) is 1.54. The van der Waals surface area contributed by atoms with Gasteiger partial charge in [-0.25, -0.2) is 4.98 Å². The Kier molecular flexibility index (Phi) is 2.75. The van der Waals surface area contributed by atoms with E-state index in [0.717, 1.165) is 0 Å². The zero-order valence-corrected chi connectivity index (χ0v) is 9.96. The van der Waals surface area contributed by atoms with Crippen LogP contribution in [0.15, 0.2) is 12.3 Å². The van der Waals surface area contributed by atoms with E-state index in [9.17, 15) is 18.5 Å². The second kappa shape index (κ2) is 3.99. The molecular formula is C8H8N4O5S. The van der Waals surface area contributed by atoms with Crippen molar-refractivity contribution in [3.8, 4) is 0 Å². The summed E-state index contributed by atoms with van der Waals surface area (Å²) in [6.07, 6.45) is 1.38. The van der Waals surface area contributed by atoms with Gasteiger partial charge in [-0.2, -0.15) is 13.5 Å². The summed E-state index contributed by atoms with van der Waals surface area (Å²) in [7, 11) is -2.83. The highest BCUT2D eigenvalue weighted by atomic mass is 32.2. The molecule has 2 heterocycles. The Morgan fingerprint density at radius 1 is 1.56 bits per heavy atom. The summed E-state index contributed by atoms with van der Waals surface area (Å²) < 4.78 is 31.7. The van der Waals surface area contributed by atoms with Gasteiger partial charge in [0.05, 0.1) is 11.1 Å². The standard InChI is InChI=1S/C8H8N4O5S/c1-11-8-5(3-9-11)2-7(12(13)14)6(10-8)4-18(15,16)17/h2-3H,4H2,1H3,(H,15,16,17). The van der Waals surface area contributed by atoms with Gasteiger partial charge in [0.15, 0.2) is 5.65 Å². The van der Waals surface area contributed by atoms with E-state index in [1.165, 1.54) is 16.9 Å². The summed E-state index contributed by atoms with van der Waals surface area (Å²) >= 11 is 0. The molecule has 0 spiro atoms. The summed E-state index contributed by atoms with van der Waals surface area (Å²) in [6, 6.07) is 1.18. The third kappa shape index (κ3) is 2.28. The Morgan fingerprint density at radius 2 is 2.22 bits per heavy atom. The summed E-state index contributed by atoms with van der Waals surface area (Å²) in [5.41, 5.74) is -0.481. The molecule has 9 nitrogen and oxygen atoms in total. The lowest BCUT2D eigenvalue weighted by Gasteiger charge is -2.01. The molecule has 0 aliphatic carbocycles. The van der Waals surface area contributed by atoms with Crippen LogP contribution in [0.1, 0.15) is 5.69 Å². The van der Waals surface area contributed by atoms with Gasteiger partial charge < -0.3 is 0 Å². The van der Waals surface area contributed by atoms with Gasteiger partial charge >= 0.3 is 0 Å². The molecule has 18 heavy (non-hydrogen) atoms. The van der Waals surface area contributed by atoms with Crippen LogP contribution in [0, 0.1) is 10.1 Å². The summed E-state index contributed by atoms with van der Waals surface area (Å²) in [5, 5.41) is 15.1. The van der Waals surface area contributed by atoms with Crippen LogP contribution in [0.3, 0.4) is 0 Å². The van der Waals surface area contributed by atoms with E-state index in [4.69, 9.17) is 4.55 Å². The SMILES string of the molecule is Cn1ncc2cc([N+](=O)[O-])c(CS(=O)(=O)O)nc21. The third-order valence-electron chi connectivity index (χ3n) is 2.28. The van der Waals surface area contributed by atoms with Gasteiger partial charge in [0, 0.05) is 18.5 Å². The molecule has 2 aromatic heterocycles. The predicted molar refractivity (Wildman–Crippen MR) is 60.4 cm³/mol. The highest BCUT2D eigenvalue weighted by Gasteiger charge is 2.22. The molecule has 0 aliphatic heterocycles. The van der Waals surface area contributed by atoms with E-state index in [2.05, 4.69) is 10.1 Å². The molecular weight excluding hydrogens is 264 g/mol. The fourth-order valence-corrected chi connectivity index (χ4v) is 2.10. The van der Waals surface area contributed by atoms with Crippen molar-refractivity contribution < 1.29 is 17.9 Å². The van der Waals surface area contributed by atoms with Gasteiger partial charge in [0.25, 0.3) is 15.8 Å². The first-order chi connectivity index (χ1) is 8.28. The molecule has 0 bridgehead atoms. The molecule has 0 atom stereocenters. The number of pyridine rings is 1. The van der Waals surface area contributed by atoms with Gasteiger partial charge in [-0.15, -0.1) is 0 Å². The van der Waals surface area contributed by atoms with Crippen LogP contribution in [0.5, 0.6) is 0 Å². The topological polar surface area (TPSA) is 128 Å². The zero-order chi connectivity index (χ0) is 13.5. The summed E-state index contributed by atoms with van der Waals surface area (Å²) in [5.74, 6) is -0.912. The fraction of sp³-hybridized carbons (Fsp3) is 0.250. The molecule has 10 heteroatoms. The van der Waals surface area contributed by atoms with Crippen LogP contribution in [0.4, 0.5) is 5.69 Å². The Labute approximate surface area is 101 Å². The normalized spacial score (nSPS) is 11.9. The van der Waals surface area contributed by atoms with Gasteiger partial charge in [0.2, 0.25) is 0 Å². The van der Waals surface area contributed by atoms with Crippen molar-refractivity contribution in [3.63, 3.8) is 0 Å². The molecule has 0 aromatic carbocycles. The maximum atomic E-state index is 10.8. The average Bonchev–Trinajstić information content (AvgIpc) is 2.56. The number of fused-ring (bicyclic) bond motifs is 1. The Balaban J connectivity index is 2.71. The first-order valence-electron chi connectivity index (χ1n) is 4.69. The number of aryl methyl sites for hydroxylation is 1. The van der Waals surface area contributed by atoms with Crippen LogP contribution in [-0.2, 0) is 22.9 Å². The lowest BCUT2D eigenvalue weighted by molar-refractivity contribution is -0.385. The maximum absolute atomic E-state index is 10.8. The number of nitrogens with zero attached hydrogens (tertiary/aromatic N) is 4. The van der Waals surface area contributed by atoms with E-state index in [0.29, 0.717) is 11.0 Å². The van der Waals surface area contributed by atoms with E-state index in [-0.39, 0.29) is 5.69 Å². The highest BCUT2D eigenvalue weighted by molar-refractivity contribution is 7.85. The minimum absolute atomic E-state index is 0.305. The van der Waals surface area contributed by atoms with Crippen LogP contribution >= 0.6 is 0 Å². The van der Waals surface area contributed by atoms with Crippen molar-refractivity contribution in [2.45, 2.75) is 5.75 Å². The number of rotatable bonds is 3. The van der Waals surface area contributed by atoms with E-state index < -0.39 is 26.5 Å².